The minimum absolute atomic E-state index is 0.919. The van der Waals surface area contributed by atoms with Crippen molar-refractivity contribution < 1.29 is 0 Å². The Labute approximate surface area is 69.1 Å². The van der Waals surface area contributed by atoms with Crippen molar-refractivity contribution in [1.29, 1.82) is 0 Å². The molecule has 1 fully saturated rings. The first-order chi connectivity index (χ1) is 5.25. The average molecular weight is 151 g/mol. The summed E-state index contributed by atoms with van der Waals surface area (Å²) in [5.41, 5.74) is 0. The van der Waals surface area contributed by atoms with Gasteiger partial charge in [-0.1, -0.05) is 12.2 Å². The topological polar surface area (TPSA) is 3.24 Å². The summed E-state index contributed by atoms with van der Waals surface area (Å²) in [6, 6.07) is 0. The number of fused-ring (bicyclic) bond motifs is 2. The third-order valence-corrected chi connectivity index (χ3v) is 3.02. The molecule has 0 radical (unpaired) electrons. The highest BCUT2D eigenvalue weighted by Crippen LogP contribution is 2.43. The zero-order valence-electron chi connectivity index (χ0n) is 7.46. The third kappa shape index (κ3) is 1.34. The highest BCUT2D eigenvalue weighted by molar-refractivity contribution is 5.10. The minimum Gasteiger partial charge on any atom is -0.309 e. The Kier molecular flexibility index (Phi) is 1.76. The molecule has 0 spiro atoms. The number of hydrogen-bond donors (Lipinski definition) is 0. The van der Waals surface area contributed by atoms with Gasteiger partial charge >= 0.3 is 0 Å². The molecule has 0 amide bonds. The van der Waals surface area contributed by atoms with Gasteiger partial charge in [0.15, 0.2) is 0 Å². The van der Waals surface area contributed by atoms with Gasteiger partial charge in [-0.3, -0.25) is 0 Å². The molecule has 0 saturated heterocycles. The molecule has 0 aromatic heterocycles. The van der Waals surface area contributed by atoms with Gasteiger partial charge in [-0.2, -0.15) is 0 Å². The van der Waals surface area contributed by atoms with E-state index in [4.69, 9.17) is 0 Å². The number of rotatable bonds is 2. The van der Waals surface area contributed by atoms with Gasteiger partial charge in [0.25, 0.3) is 0 Å². The average Bonchev–Trinajstić information content (AvgIpc) is 2.45. The molecule has 0 aliphatic heterocycles. The van der Waals surface area contributed by atoms with Crippen LogP contribution in [0.4, 0.5) is 0 Å². The van der Waals surface area contributed by atoms with E-state index in [0.717, 1.165) is 17.8 Å². The van der Waals surface area contributed by atoms with Gasteiger partial charge in [0.1, 0.15) is 0 Å². The summed E-state index contributed by atoms with van der Waals surface area (Å²) in [5, 5.41) is 0. The van der Waals surface area contributed by atoms with Crippen molar-refractivity contribution in [1.82, 2.24) is 4.90 Å². The van der Waals surface area contributed by atoms with Crippen molar-refractivity contribution in [3.63, 3.8) is 0 Å². The molecule has 2 aliphatic rings. The first-order valence-corrected chi connectivity index (χ1v) is 4.59. The van der Waals surface area contributed by atoms with Crippen molar-refractivity contribution in [2.24, 2.45) is 17.8 Å². The van der Waals surface area contributed by atoms with Gasteiger partial charge < -0.3 is 4.90 Å². The molecule has 2 bridgehead atoms. The maximum atomic E-state index is 2.43. The molecule has 0 N–H and O–H groups in total. The fraction of sp³-hybridized carbons (Fsp3) is 0.800. The predicted octanol–water partition coefficient (Wildman–Crippen LogP) is 1.76. The molecular weight excluding hydrogens is 134 g/mol. The molecular formula is C10H17N. The van der Waals surface area contributed by atoms with Crippen LogP contribution < -0.4 is 0 Å². The van der Waals surface area contributed by atoms with E-state index in [2.05, 4.69) is 31.1 Å². The lowest BCUT2D eigenvalue weighted by Crippen LogP contribution is -2.24. The van der Waals surface area contributed by atoms with Crippen LogP contribution in [-0.2, 0) is 0 Å². The highest BCUT2D eigenvalue weighted by atomic mass is 15.1. The zero-order chi connectivity index (χ0) is 7.84. The lowest BCUT2D eigenvalue weighted by Gasteiger charge is -2.21. The van der Waals surface area contributed by atoms with Crippen LogP contribution in [-0.4, -0.2) is 25.5 Å². The fourth-order valence-corrected chi connectivity index (χ4v) is 2.57. The monoisotopic (exact) mass is 151 g/mol. The Morgan fingerprint density at radius 2 is 2.09 bits per heavy atom. The van der Waals surface area contributed by atoms with Gasteiger partial charge in [-0.15, -0.1) is 0 Å². The number of hydrogen-bond acceptors (Lipinski definition) is 1. The Bertz CT molecular complexity index is 172. The van der Waals surface area contributed by atoms with Crippen LogP contribution in [0.2, 0.25) is 0 Å². The summed E-state index contributed by atoms with van der Waals surface area (Å²) >= 11 is 0. The van der Waals surface area contributed by atoms with Gasteiger partial charge in [0.05, 0.1) is 0 Å². The first kappa shape index (κ1) is 7.35. The largest absolute Gasteiger partial charge is 0.309 e. The second-order valence-electron chi connectivity index (χ2n) is 4.30. The van der Waals surface area contributed by atoms with Gasteiger partial charge in [0, 0.05) is 6.54 Å². The summed E-state index contributed by atoms with van der Waals surface area (Å²) in [7, 11) is 4.35. The minimum atomic E-state index is 0.919. The summed E-state index contributed by atoms with van der Waals surface area (Å²) < 4.78 is 0. The molecule has 1 nitrogen and oxygen atoms in total. The molecule has 3 atom stereocenters. The SMILES string of the molecule is CN(C)CC1CC2C=CC1C2. The second kappa shape index (κ2) is 2.63. The fourth-order valence-electron chi connectivity index (χ4n) is 2.57. The van der Waals surface area contributed by atoms with Crippen LogP contribution in [0.25, 0.3) is 0 Å². The van der Waals surface area contributed by atoms with Crippen molar-refractivity contribution >= 4 is 0 Å². The molecule has 11 heavy (non-hydrogen) atoms. The summed E-state index contributed by atoms with van der Waals surface area (Å²) in [4.78, 5) is 2.32. The van der Waals surface area contributed by atoms with Gasteiger partial charge in [-0.25, -0.2) is 0 Å². The normalized spacial score (nSPS) is 40.8. The van der Waals surface area contributed by atoms with Crippen LogP contribution >= 0.6 is 0 Å². The van der Waals surface area contributed by atoms with E-state index < -0.39 is 0 Å². The van der Waals surface area contributed by atoms with E-state index >= 15 is 0 Å². The van der Waals surface area contributed by atoms with Crippen LogP contribution in [0.3, 0.4) is 0 Å². The highest BCUT2D eigenvalue weighted by Gasteiger charge is 2.35. The lowest BCUT2D eigenvalue weighted by atomic mass is 9.93. The molecule has 0 heterocycles. The van der Waals surface area contributed by atoms with Crippen LogP contribution in [0.1, 0.15) is 12.8 Å². The maximum absolute atomic E-state index is 2.43. The van der Waals surface area contributed by atoms with E-state index in [1.807, 2.05) is 0 Å². The third-order valence-electron chi connectivity index (χ3n) is 3.02. The molecule has 0 aromatic rings. The number of allylic oxidation sites excluding steroid dienone is 2. The van der Waals surface area contributed by atoms with E-state index in [-0.39, 0.29) is 0 Å². The van der Waals surface area contributed by atoms with Crippen molar-refractivity contribution in [2.75, 3.05) is 20.6 Å². The summed E-state index contributed by atoms with van der Waals surface area (Å²) in [6.45, 7) is 1.28. The molecule has 1 saturated carbocycles. The quantitative estimate of drug-likeness (QED) is 0.544. The Morgan fingerprint density at radius 3 is 2.55 bits per heavy atom. The van der Waals surface area contributed by atoms with Crippen molar-refractivity contribution in [2.45, 2.75) is 12.8 Å². The van der Waals surface area contributed by atoms with E-state index in [1.165, 1.54) is 19.4 Å². The van der Waals surface area contributed by atoms with Crippen molar-refractivity contribution in [3.8, 4) is 0 Å². The van der Waals surface area contributed by atoms with Gasteiger partial charge in [-0.05, 0) is 44.7 Å². The molecule has 1 heteroatoms. The molecule has 0 aromatic carbocycles. The molecule has 62 valence electrons. The smallest absolute Gasteiger partial charge is 0.000940 e. The lowest BCUT2D eigenvalue weighted by molar-refractivity contribution is 0.295. The molecule has 3 unspecified atom stereocenters. The van der Waals surface area contributed by atoms with E-state index in [1.54, 1.807) is 0 Å². The Hall–Kier alpha value is -0.300. The maximum Gasteiger partial charge on any atom is 0.000940 e. The standard InChI is InChI=1S/C10H17N/c1-11(2)7-10-6-8-3-4-9(10)5-8/h3-4,8-10H,5-7H2,1-2H3. The molecule has 2 rings (SSSR count). The second-order valence-corrected chi connectivity index (χ2v) is 4.30. The van der Waals surface area contributed by atoms with E-state index in [0.29, 0.717) is 0 Å². The first-order valence-electron chi connectivity index (χ1n) is 4.59. The van der Waals surface area contributed by atoms with Crippen LogP contribution in [0.5, 0.6) is 0 Å². The summed E-state index contributed by atoms with van der Waals surface area (Å²) in [5.74, 6) is 2.81. The Balaban J connectivity index is 1.93. The predicted molar refractivity (Wildman–Crippen MR) is 47.4 cm³/mol. The van der Waals surface area contributed by atoms with E-state index in [9.17, 15) is 0 Å². The number of nitrogens with zero attached hydrogens (tertiary/aromatic N) is 1. The Morgan fingerprint density at radius 1 is 1.27 bits per heavy atom. The summed E-state index contributed by atoms with van der Waals surface area (Å²) in [6.07, 6.45) is 7.73. The van der Waals surface area contributed by atoms with Crippen LogP contribution in [0.15, 0.2) is 12.2 Å². The van der Waals surface area contributed by atoms with Crippen molar-refractivity contribution in [3.05, 3.63) is 12.2 Å². The zero-order valence-corrected chi connectivity index (χ0v) is 7.46. The van der Waals surface area contributed by atoms with Gasteiger partial charge in [0.2, 0.25) is 0 Å². The molecule has 2 aliphatic carbocycles. The van der Waals surface area contributed by atoms with Crippen LogP contribution in [0, 0.1) is 17.8 Å².